The molecule has 1 atom stereocenters. The zero-order valence-electron chi connectivity index (χ0n) is 15.4. The van der Waals surface area contributed by atoms with E-state index in [0.29, 0.717) is 17.1 Å². The molecule has 1 heterocycles. The predicted molar refractivity (Wildman–Crippen MR) is 115 cm³/mol. The van der Waals surface area contributed by atoms with Gasteiger partial charge in [0.2, 0.25) is 5.91 Å². The Morgan fingerprint density at radius 1 is 1.21 bits per heavy atom. The summed E-state index contributed by atoms with van der Waals surface area (Å²) in [5, 5.41) is 12.0. The fourth-order valence-corrected chi connectivity index (χ4v) is 4.45. The minimum atomic E-state index is -0.504. The number of thioether (sulfide) groups is 1. The van der Waals surface area contributed by atoms with E-state index in [4.69, 9.17) is 0 Å². The van der Waals surface area contributed by atoms with Crippen LogP contribution >= 0.6 is 27.7 Å². The molecule has 0 radical (unpaired) electrons. The van der Waals surface area contributed by atoms with E-state index in [1.807, 2.05) is 49.4 Å². The lowest BCUT2D eigenvalue weighted by Crippen LogP contribution is -2.31. The molecule has 0 unspecified atom stereocenters. The van der Waals surface area contributed by atoms with E-state index in [9.17, 15) is 14.9 Å². The van der Waals surface area contributed by atoms with Crippen LogP contribution in [0.1, 0.15) is 11.1 Å². The summed E-state index contributed by atoms with van der Waals surface area (Å²) in [6, 6.07) is 17.2. The molecule has 0 bridgehead atoms. The minimum Gasteiger partial charge on any atom is -0.354 e. The third kappa shape index (κ3) is 4.13. The van der Waals surface area contributed by atoms with Gasteiger partial charge >= 0.3 is 0 Å². The topological polar surface area (TPSA) is 73.2 Å². The third-order valence-electron chi connectivity index (χ3n) is 4.36. The summed E-state index contributed by atoms with van der Waals surface area (Å²) in [5.41, 5.74) is 2.75. The van der Waals surface area contributed by atoms with Crippen LogP contribution in [0.5, 0.6) is 0 Å². The molecule has 2 aromatic rings. The maximum absolute atomic E-state index is 13.2. The number of benzene rings is 2. The quantitative estimate of drug-likeness (QED) is 0.559. The maximum Gasteiger partial charge on any atom is 0.264 e. The molecule has 0 aliphatic carbocycles. The van der Waals surface area contributed by atoms with Crippen LogP contribution in [0.15, 0.2) is 63.6 Å². The Labute approximate surface area is 176 Å². The number of carbonyl (C=O) groups excluding carboxylic acids is 2. The fourth-order valence-electron chi connectivity index (χ4n) is 2.88. The SMILES string of the molecule is CNC(=O)/C(C#N)=C1\S[C@@H](Cc2ccc(C)cc2)C(=O)N1c1ccc(Br)cc1. The molecule has 7 heteroatoms. The van der Waals surface area contributed by atoms with Crippen molar-refractivity contribution in [3.8, 4) is 6.07 Å². The highest BCUT2D eigenvalue weighted by atomic mass is 79.9. The number of hydrogen-bond donors (Lipinski definition) is 1. The standard InChI is InChI=1S/C21H18BrN3O2S/c1-13-3-5-14(6-4-13)11-18-20(27)25(16-9-7-15(22)8-10-16)21(28-18)17(12-23)19(26)24-2/h3-10,18H,11H2,1-2H3,(H,24,26)/b21-17-/t18-/m0/s1. The molecule has 1 aliphatic heterocycles. The molecule has 0 saturated carbocycles. The fraction of sp³-hybridized carbons (Fsp3) is 0.190. The first kappa shape index (κ1) is 20.2. The van der Waals surface area contributed by atoms with E-state index in [1.54, 1.807) is 12.1 Å². The van der Waals surface area contributed by atoms with Gasteiger partial charge in [0.1, 0.15) is 16.7 Å². The zero-order chi connectivity index (χ0) is 20.3. The summed E-state index contributed by atoms with van der Waals surface area (Å²) in [7, 11) is 1.47. The number of nitrogens with zero attached hydrogens (tertiary/aromatic N) is 2. The number of likely N-dealkylation sites (N-methyl/N-ethyl adjacent to an activating group) is 1. The molecule has 1 saturated heterocycles. The number of nitrogens with one attached hydrogen (secondary N) is 1. The Morgan fingerprint density at radius 2 is 1.86 bits per heavy atom. The number of anilines is 1. The van der Waals surface area contributed by atoms with Crippen molar-refractivity contribution in [2.24, 2.45) is 0 Å². The van der Waals surface area contributed by atoms with Crippen LogP contribution in [0.3, 0.4) is 0 Å². The van der Waals surface area contributed by atoms with Crippen molar-refractivity contribution in [1.29, 1.82) is 5.26 Å². The predicted octanol–water partition coefficient (Wildman–Crippen LogP) is 3.93. The van der Waals surface area contributed by atoms with Gasteiger partial charge in [0.05, 0.1) is 5.25 Å². The number of aryl methyl sites for hydroxylation is 1. The van der Waals surface area contributed by atoms with Crippen LogP contribution in [-0.4, -0.2) is 24.1 Å². The molecule has 2 amide bonds. The second-order valence-corrected chi connectivity index (χ2v) is 8.42. The summed E-state index contributed by atoms with van der Waals surface area (Å²) in [5.74, 6) is -0.643. The Kier molecular flexibility index (Phi) is 6.22. The number of rotatable bonds is 4. The molecule has 3 rings (SSSR count). The molecule has 2 aromatic carbocycles. The summed E-state index contributed by atoms with van der Waals surface area (Å²) in [4.78, 5) is 26.9. The molecule has 28 heavy (non-hydrogen) atoms. The van der Waals surface area contributed by atoms with E-state index < -0.39 is 11.2 Å². The van der Waals surface area contributed by atoms with Crippen LogP contribution in [0, 0.1) is 18.3 Å². The molecule has 0 spiro atoms. The molecule has 0 aromatic heterocycles. The Hall–Kier alpha value is -2.56. The van der Waals surface area contributed by atoms with E-state index in [0.717, 1.165) is 15.6 Å². The zero-order valence-corrected chi connectivity index (χ0v) is 17.8. The summed E-state index contributed by atoms with van der Waals surface area (Å²) < 4.78 is 0.879. The van der Waals surface area contributed by atoms with Crippen molar-refractivity contribution in [3.05, 3.63) is 74.7 Å². The van der Waals surface area contributed by atoms with Gasteiger partial charge in [-0.3, -0.25) is 14.5 Å². The molecule has 142 valence electrons. The normalized spacial score (nSPS) is 18.0. The van der Waals surface area contributed by atoms with E-state index in [1.165, 1.54) is 23.7 Å². The van der Waals surface area contributed by atoms with Gasteiger partial charge in [-0.2, -0.15) is 5.26 Å². The molecule has 1 aliphatic rings. The number of amides is 2. The number of hydrogen-bond acceptors (Lipinski definition) is 4. The Morgan fingerprint density at radius 3 is 2.43 bits per heavy atom. The average Bonchev–Trinajstić information content (AvgIpc) is 3.00. The third-order valence-corrected chi connectivity index (χ3v) is 6.15. The second-order valence-electron chi connectivity index (χ2n) is 6.32. The number of halogens is 1. The van der Waals surface area contributed by atoms with Gasteiger partial charge in [0.25, 0.3) is 5.91 Å². The highest BCUT2D eigenvalue weighted by Crippen LogP contribution is 2.42. The average molecular weight is 456 g/mol. The lowest BCUT2D eigenvalue weighted by Gasteiger charge is -2.18. The summed E-state index contributed by atoms with van der Waals surface area (Å²) in [6.07, 6.45) is 0.521. The second kappa shape index (κ2) is 8.63. The van der Waals surface area contributed by atoms with Crippen molar-refractivity contribution in [2.45, 2.75) is 18.6 Å². The molecular weight excluding hydrogens is 438 g/mol. The van der Waals surface area contributed by atoms with Gasteiger partial charge in [0, 0.05) is 17.2 Å². The smallest absolute Gasteiger partial charge is 0.264 e. The molecular formula is C21H18BrN3O2S. The maximum atomic E-state index is 13.2. The first-order valence-electron chi connectivity index (χ1n) is 8.62. The first-order valence-corrected chi connectivity index (χ1v) is 10.3. The van der Waals surface area contributed by atoms with Crippen molar-refractivity contribution in [3.63, 3.8) is 0 Å². The van der Waals surface area contributed by atoms with Crippen LogP contribution in [0.2, 0.25) is 0 Å². The molecule has 1 N–H and O–H groups in total. The van der Waals surface area contributed by atoms with Crippen molar-refractivity contribution in [1.82, 2.24) is 5.32 Å². The van der Waals surface area contributed by atoms with Gasteiger partial charge in [0.15, 0.2) is 0 Å². The van der Waals surface area contributed by atoms with Crippen molar-refractivity contribution < 1.29 is 9.59 Å². The number of nitriles is 1. The van der Waals surface area contributed by atoms with E-state index in [2.05, 4.69) is 21.2 Å². The van der Waals surface area contributed by atoms with Crippen LogP contribution in [0.25, 0.3) is 0 Å². The van der Waals surface area contributed by atoms with Crippen molar-refractivity contribution >= 4 is 45.2 Å². The largest absolute Gasteiger partial charge is 0.354 e. The number of carbonyl (C=O) groups is 2. The summed E-state index contributed by atoms with van der Waals surface area (Å²) in [6.45, 7) is 2.01. The first-order chi connectivity index (χ1) is 13.4. The van der Waals surface area contributed by atoms with Gasteiger partial charge in [-0.15, -0.1) is 0 Å². The van der Waals surface area contributed by atoms with Crippen LogP contribution in [0.4, 0.5) is 5.69 Å². The Bertz CT molecular complexity index is 978. The minimum absolute atomic E-state index is 0.0600. The van der Waals surface area contributed by atoms with Gasteiger partial charge < -0.3 is 5.32 Å². The molecule has 1 fully saturated rings. The lowest BCUT2D eigenvalue weighted by atomic mass is 10.1. The highest BCUT2D eigenvalue weighted by molar-refractivity contribution is 9.10. The van der Waals surface area contributed by atoms with E-state index in [-0.39, 0.29) is 11.5 Å². The van der Waals surface area contributed by atoms with E-state index >= 15 is 0 Å². The highest BCUT2D eigenvalue weighted by Gasteiger charge is 2.40. The lowest BCUT2D eigenvalue weighted by molar-refractivity contribution is -0.117. The van der Waals surface area contributed by atoms with Crippen molar-refractivity contribution in [2.75, 3.05) is 11.9 Å². The van der Waals surface area contributed by atoms with Crippen LogP contribution in [-0.2, 0) is 16.0 Å². The van der Waals surface area contributed by atoms with Gasteiger partial charge in [-0.05, 0) is 43.2 Å². The monoisotopic (exact) mass is 455 g/mol. The summed E-state index contributed by atoms with van der Waals surface area (Å²) >= 11 is 4.65. The molecule has 5 nitrogen and oxygen atoms in total. The Balaban J connectivity index is 2.03. The van der Waals surface area contributed by atoms with Gasteiger partial charge in [-0.25, -0.2) is 0 Å². The van der Waals surface area contributed by atoms with Gasteiger partial charge in [-0.1, -0.05) is 57.5 Å². The van der Waals surface area contributed by atoms with Crippen LogP contribution < -0.4 is 10.2 Å².